The van der Waals surface area contributed by atoms with E-state index in [2.05, 4.69) is 0 Å². The lowest BCUT2D eigenvalue weighted by molar-refractivity contribution is -0.201. The highest BCUT2D eigenvalue weighted by molar-refractivity contribution is 5.91. The maximum Gasteiger partial charge on any atom is 0.304 e. The van der Waals surface area contributed by atoms with Gasteiger partial charge >= 0.3 is 5.97 Å². The summed E-state index contributed by atoms with van der Waals surface area (Å²) in [5.74, 6) is -1.20. The molecule has 6 nitrogen and oxygen atoms in total. The van der Waals surface area contributed by atoms with Crippen LogP contribution in [0.5, 0.6) is 0 Å². The van der Waals surface area contributed by atoms with Gasteiger partial charge in [-0.25, -0.2) is 0 Å². The fourth-order valence-corrected chi connectivity index (χ4v) is 1.13. The Labute approximate surface area is 80.7 Å². The largest absolute Gasteiger partial charge is 0.435 e. The van der Waals surface area contributed by atoms with Crippen LogP contribution in [-0.4, -0.2) is 42.1 Å². The number of nitrogens with zero attached hydrogens (tertiary/aromatic N) is 1. The van der Waals surface area contributed by atoms with Crippen LogP contribution in [0.1, 0.15) is 6.92 Å². The first-order valence-corrected chi connectivity index (χ1v) is 3.95. The number of rotatable bonds is 3. The van der Waals surface area contributed by atoms with E-state index in [9.17, 15) is 14.8 Å². The molecular weight excluding hydrogens is 190 g/mol. The van der Waals surface area contributed by atoms with Crippen molar-refractivity contribution in [2.75, 3.05) is 13.7 Å². The molecule has 1 N–H and O–H groups in total. The molecule has 0 saturated carbocycles. The lowest BCUT2D eigenvalue weighted by atomic mass is 10.3. The third kappa shape index (κ3) is 2.09. The smallest absolute Gasteiger partial charge is 0.304 e. The molecule has 0 spiro atoms. The SMILES string of the molecule is COCC1=CC(=O)N(O)C1OC(C)=O. The number of ether oxygens (including phenoxy) is 2. The molecule has 1 amide bonds. The zero-order valence-corrected chi connectivity index (χ0v) is 7.89. The van der Waals surface area contributed by atoms with Crippen LogP contribution in [-0.2, 0) is 19.1 Å². The zero-order chi connectivity index (χ0) is 10.7. The van der Waals surface area contributed by atoms with Crippen LogP contribution >= 0.6 is 0 Å². The Balaban J connectivity index is 2.75. The van der Waals surface area contributed by atoms with Crippen LogP contribution in [0.3, 0.4) is 0 Å². The summed E-state index contributed by atoms with van der Waals surface area (Å²) in [5, 5.41) is 9.56. The summed E-state index contributed by atoms with van der Waals surface area (Å²) in [6, 6.07) is 0. The van der Waals surface area contributed by atoms with E-state index in [0.717, 1.165) is 0 Å². The first-order chi connectivity index (χ1) is 6.56. The predicted octanol–water partition coefficient (Wildman–Crippen LogP) is -0.320. The van der Waals surface area contributed by atoms with E-state index in [1.807, 2.05) is 0 Å². The third-order valence-electron chi connectivity index (χ3n) is 1.66. The maximum absolute atomic E-state index is 11.0. The topological polar surface area (TPSA) is 76.1 Å². The van der Waals surface area contributed by atoms with Crippen molar-refractivity contribution in [1.82, 2.24) is 5.06 Å². The van der Waals surface area contributed by atoms with Gasteiger partial charge < -0.3 is 9.47 Å². The molecule has 1 unspecified atom stereocenters. The van der Waals surface area contributed by atoms with Crippen molar-refractivity contribution in [2.24, 2.45) is 0 Å². The molecule has 14 heavy (non-hydrogen) atoms. The minimum atomic E-state index is -1.06. The van der Waals surface area contributed by atoms with Gasteiger partial charge in [-0.1, -0.05) is 0 Å². The number of hydrogen-bond acceptors (Lipinski definition) is 5. The van der Waals surface area contributed by atoms with Crippen LogP contribution < -0.4 is 0 Å². The molecule has 0 saturated heterocycles. The van der Waals surface area contributed by atoms with Gasteiger partial charge in [0.05, 0.1) is 6.61 Å². The molecule has 1 aliphatic rings. The number of carbonyl (C=O) groups is 2. The normalized spacial score (nSPS) is 21.1. The Morgan fingerprint density at radius 3 is 2.86 bits per heavy atom. The van der Waals surface area contributed by atoms with Crippen molar-refractivity contribution in [1.29, 1.82) is 0 Å². The number of hydroxylamine groups is 2. The molecular formula is C8H11NO5. The first kappa shape index (κ1) is 10.7. The third-order valence-corrected chi connectivity index (χ3v) is 1.66. The van der Waals surface area contributed by atoms with Crippen molar-refractivity contribution >= 4 is 11.9 Å². The summed E-state index contributed by atoms with van der Waals surface area (Å²) in [4.78, 5) is 21.7. The molecule has 1 aliphatic heterocycles. The van der Waals surface area contributed by atoms with E-state index in [0.29, 0.717) is 10.6 Å². The summed E-state index contributed by atoms with van der Waals surface area (Å²) >= 11 is 0. The van der Waals surface area contributed by atoms with Crippen molar-refractivity contribution in [3.8, 4) is 0 Å². The standard InChI is InChI=1S/C8H11NO5/c1-5(10)14-8-6(4-13-2)3-7(11)9(8)12/h3,8,12H,4H2,1-2H3. The Hall–Kier alpha value is -1.40. The molecule has 0 fully saturated rings. The van der Waals surface area contributed by atoms with Crippen LogP contribution in [0.15, 0.2) is 11.6 Å². The highest BCUT2D eigenvalue weighted by Gasteiger charge is 2.34. The number of amides is 1. The summed E-state index contributed by atoms with van der Waals surface area (Å²) in [5.41, 5.74) is 0.412. The van der Waals surface area contributed by atoms with Gasteiger partial charge in [0.1, 0.15) is 0 Å². The van der Waals surface area contributed by atoms with E-state index in [4.69, 9.17) is 9.47 Å². The van der Waals surface area contributed by atoms with Gasteiger partial charge in [0.2, 0.25) is 6.23 Å². The second-order valence-corrected chi connectivity index (χ2v) is 2.80. The molecule has 0 radical (unpaired) electrons. The van der Waals surface area contributed by atoms with Crippen LogP contribution in [0.25, 0.3) is 0 Å². The molecule has 0 aromatic heterocycles. The second kappa shape index (κ2) is 4.21. The van der Waals surface area contributed by atoms with Gasteiger partial charge in [0.25, 0.3) is 5.91 Å². The molecule has 1 heterocycles. The molecule has 0 aromatic rings. The van der Waals surface area contributed by atoms with Crippen molar-refractivity contribution in [3.05, 3.63) is 11.6 Å². The second-order valence-electron chi connectivity index (χ2n) is 2.80. The van der Waals surface area contributed by atoms with Gasteiger partial charge in [-0.2, -0.15) is 5.06 Å². The average Bonchev–Trinajstić information content (AvgIpc) is 2.33. The Kier molecular flexibility index (Phi) is 3.21. The summed E-state index contributed by atoms with van der Waals surface area (Å²) in [6.45, 7) is 1.32. The fraction of sp³-hybridized carbons (Fsp3) is 0.500. The van der Waals surface area contributed by atoms with Gasteiger partial charge in [-0.15, -0.1) is 0 Å². The monoisotopic (exact) mass is 201 g/mol. The van der Waals surface area contributed by atoms with Crippen molar-refractivity contribution < 1.29 is 24.3 Å². The van der Waals surface area contributed by atoms with Crippen molar-refractivity contribution in [3.63, 3.8) is 0 Å². The molecule has 1 atom stereocenters. The maximum atomic E-state index is 11.0. The van der Waals surface area contributed by atoms with E-state index in [-0.39, 0.29) is 6.61 Å². The van der Waals surface area contributed by atoms with E-state index in [1.165, 1.54) is 20.1 Å². The minimum absolute atomic E-state index is 0.126. The lowest BCUT2D eigenvalue weighted by Gasteiger charge is -2.20. The van der Waals surface area contributed by atoms with Gasteiger partial charge in [0.15, 0.2) is 0 Å². The van der Waals surface area contributed by atoms with Crippen LogP contribution in [0.2, 0.25) is 0 Å². The number of methoxy groups -OCH3 is 1. The van der Waals surface area contributed by atoms with E-state index < -0.39 is 18.1 Å². The molecule has 0 aromatic carbocycles. The van der Waals surface area contributed by atoms with Gasteiger partial charge in [-0.3, -0.25) is 14.8 Å². The highest BCUT2D eigenvalue weighted by Crippen LogP contribution is 2.19. The number of hydrogen-bond donors (Lipinski definition) is 1. The minimum Gasteiger partial charge on any atom is -0.435 e. The Bertz CT molecular complexity index is 285. The zero-order valence-electron chi connectivity index (χ0n) is 7.89. The lowest BCUT2D eigenvalue weighted by Crippen LogP contribution is -2.36. The Morgan fingerprint density at radius 2 is 2.36 bits per heavy atom. The Morgan fingerprint density at radius 1 is 1.71 bits per heavy atom. The summed E-state index contributed by atoms with van der Waals surface area (Å²) in [7, 11) is 1.44. The summed E-state index contributed by atoms with van der Waals surface area (Å²) < 4.78 is 9.51. The molecule has 1 rings (SSSR count). The van der Waals surface area contributed by atoms with Crippen LogP contribution in [0, 0.1) is 0 Å². The highest BCUT2D eigenvalue weighted by atomic mass is 16.6. The van der Waals surface area contributed by atoms with E-state index in [1.54, 1.807) is 0 Å². The molecule has 0 bridgehead atoms. The van der Waals surface area contributed by atoms with Crippen molar-refractivity contribution in [2.45, 2.75) is 13.2 Å². The van der Waals surface area contributed by atoms with E-state index >= 15 is 0 Å². The quantitative estimate of drug-likeness (QED) is 0.500. The molecule has 0 aliphatic carbocycles. The average molecular weight is 201 g/mol. The summed E-state index contributed by atoms with van der Waals surface area (Å²) in [6.07, 6.45) is 0.122. The molecule has 78 valence electrons. The van der Waals surface area contributed by atoms with Gasteiger partial charge in [-0.05, 0) is 0 Å². The predicted molar refractivity (Wildman–Crippen MR) is 44.1 cm³/mol. The fourth-order valence-electron chi connectivity index (χ4n) is 1.13. The van der Waals surface area contributed by atoms with Crippen LogP contribution in [0.4, 0.5) is 0 Å². The molecule has 6 heteroatoms. The van der Waals surface area contributed by atoms with Gasteiger partial charge in [0, 0.05) is 25.7 Å². The number of esters is 1. The number of carbonyl (C=O) groups excluding carboxylic acids is 2. The first-order valence-electron chi connectivity index (χ1n) is 3.95.